The van der Waals surface area contributed by atoms with Crippen LogP contribution in [0.5, 0.6) is 11.5 Å². The van der Waals surface area contributed by atoms with Crippen molar-refractivity contribution in [2.45, 2.75) is 13.3 Å². The maximum atomic E-state index is 12.0. The predicted octanol–water partition coefficient (Wildman–Crippen LogP) is 3.44. The number of hydrogen-bond acceptors (Lipinski definition) is 4. The van der Waals surface area contributed by atoms with Crippen molar-refractivity contribution < 1.29 is 14.3 Å². The molecule has 0 saturated carbocycles. The first kappa shape index (κ1) is 17.8. The molecule has 0 saturated heterocycles. The van der Waals surface area contributed by atoms with Crippen molar-refractivity contribution in [2.24, 2.45) is 5.10 Å². The van der Waals surface area contributed by atoms with Crippen molar-refractivity contribution >= 4 is 23.2 Å². The number of amides is 1. The second-order valence-electron chi connectivity index (χ2n) is 5.10. The van der Waals surface area contributed by atoms with Gasteiger partial charge in [-0.15, -0.1) is 0 Å². The Balaban J connectivity index is 2.05. The lowest BCUT2D eigenvalue weighted by atomic mass is 10.1. The maximum Gasteiger partial charge on any atom is 0.244 e. The van der Waals surface area contributed by atoms with Gasteiger partial charge in [0.15, 0.2) is 0 Å². The van der Waals surface area contributed by atoms with Crippen molar-refractivity contribution in [3.63, 3.8) is 0 Å². The van der Waals surface area contributed by atoms with E-state index in [0.29, 0.717) is 22.2 Å². The molecule has 0 radical (unpaired) electrons. The zero-order valence-electron chi connectivity index (χ0n) is 13.8. The standard InChI is InChI=1S/C18H19ClN2O3/c1-12(16-9-8-15(23-2)11-17(16)24-3)20-21-18(22)10-13-4-6-14(19)7-5-13/h4-9,11H,10H2,1-3H3,(H,21,22)/b20-12+. The van der Waals surface area contributed by atoms with Gasteiger partial charge in [-0.3, -0.25) is 4.79 Å². The molecular formula is C18H19ClN2O3. The third-order valence-electron chi connectivity index (χ3n) is 3.42. The molecule has 0 spiro atoms. The number of carbonyl (C=O) groups is 1. The van der Waals surface area contributed by atoms with Gasteiger partial charge in [0.25, 0.3) is 0 Å². The monoisotopic (exact) mass is 346 g/mol. The third kappa shape index (κ3) is 4.73. The number of nitrogens with zero attached hydrogens (tertiary/aromatic N) is 1. The van der Waals surface area contributed by atoms with E-state index in [1.807, 2.05) is 24.3 Å². The normalized spacial score (nSPS) is 11.1. The van der Waals surface area contributed by atoms with Gasteiger partial charge in [-0.1, -0.05) is 23.7 Å². The first-order valence-electron chi connectivity index (χ1n) is 7.33. The van der Waals surface area contributed by atoms with E-state index < -0.39 is 0 Å². The van der Waals surface area contributed by atoms with Crippen molar-refractivity contribution in [3.8, 4) is 11.5 Å². The van der Waals surface area contributed by atoms with Gasteiger partial charge in [-0.25, -0.2) is 5.43 Å². The Morgan fingerprint density at radius 3 is 2.46 bits per heavy atom. The van der Waals surface area contributed by atoms with Crippen LogP contribution in [0.1, 0.15) is 18.1 Å². The third-order valence-corrected chi connectivity index (χ3v) is 3.68. The highest BCUT2D eigenvalue weighted by molar-refractivity contribution is 6.30. The average molecular weight is 347 g/mol. The lowest BCUT2D eigenvalue weighted by molar-refractivity contribution is -0.120. The molecule has 2 aromatic rings. The summed E-state index contributed by atoms with van der Waals surface area (Å²) in [4.78, 5) is 12.0. The molecular weight excluding hydrogens is 328 g/mol. The van der Waals surface area contributed by atoms with E-state index >= 15 is 0 Å². The molecule has 0 aliphatic carbocycles. The molecule has 1 N–H and O–H groups in total. The molecule has 24 heavy (non-hydrogen) atoms. The molecule has 0 heterocycles. The molecule has 5 nitrogen and oxygen atoms in total. The molecule has 126 valence electrons. The fourth-order valence-electron chi connectivity index (χ4n) is 2.13. The topological polar surface area (TPSA) is 59.9 Å². The summed E-state index contributed by atoms with van der Waals surface area (Å²) < 4.78 is 10.5. The largest absolute Gasteiger partial charge is 0.497 e. The highest BCUT2D eigenvalue weighted by Gasteiger charge is 2.09. The van der Waals surface area contributed by atoms with Crippen molar-refractivity contribution in [1.82, 2.24) is 5.43 Å². The Morgan fingerprint density at radius 2 is 1.83 bits per heavy atom. The van der Waals surface area contributed by atoms with E-state index in [-0.39, 0.29) is 12.3 Å². The minimum Gasteiger partial charge on any atom is -0.497 e. The van der Waals surface area contributed by atoms with E-state index in [9.17, 15) is 4.79 Å². The predicted molar refractivity (Wildman–Crippen MR) is 95.1 cm³/mol. The Morgan fingerprint density at radius 1 is 1.12 bits per heavy atom. The Labute approximate surface area is 146 Å². The first-order valence-corrected chi connectivity index (χ1v) is 7.71. The van der Waals surface area contributed by atoms with Gasteiger partial charge < -0.3 is 9.47 Å². The van der Waals surface area contributed by atoms with Crippen molar-refractivity contribution in [1.29, 1.82) is 0 Å². The summed E-state index contributed by atoms with van der Waals surface area (Å²) in [5.41, 5.74) is 4.84. The van der Waals surface area contributed by atoms with Gasteiger partial charge in [0.2, 0.25) is 5.91 Å². The molecule has 0 aromatic heterocycles. The smallest absolute Gasteiger partial charge is 0.244 e. The van der Waals surface area contributed by atoms with Crippen LogP contribution >= 0.6 is 11.6 Å². The van der Waals surface area contributed by atoms with E-state index in [1.165, 1.54) is 0 Å². The number of methoxy groups -OCH3 is 2. The Bertz CT molecular complexity index is 742. The van der Waals surface area contributed by atoms with E-state index in [2.05, 4.69) is 10.5 Å². The molecule has 2 rings (SSSR count). The lowest BCUT2D eigenvalue weighted by Gasteiger charge is -2.10. The summed E-state index contributed by atoms with van der Waals surface area (Å²) in [6.07, 6.45) is 0.230. The Hall–Kier alpha value is -2.53. The van der Waals surface area contributed by atoms with Crippen LogP contribution in [0.4, 0.5) is 0 Å². The molecule has 0 atom stereocenters. The van der Waals surface area contributed by atoms with Crippen LogP contribution in [0.25, 0.3) is 0 Å². The molecule has 2 aromatic carbocycles. The number of nitrogens with one attached hydrogen (secondary N) is 1. The van der Waals surface area contributed by atoms with Crippen LogP contribution in [0.2, 0.25) is 5.02 Å². The minimum atomic E-state index is -0.204. The quantitative estimate of drug-likeness (QED) is 0.644. The number of ether oxygens (including phenoxy) is 2. The summed E-state index contributed by atoms with van der Waals surface area (Å²) in [6, 6.07) is 12.5. The zero-order chi connectivity index (χ0) is 17.5. The summed E-state index contributed by atoms with van der Waals surface area (Å²) in [5, 5.41) is 4.78. The fourth-order valence-corrected chi connectivity index (χ4v) is 2.26. The summed E-state index contributed by atoms with van der Waals surface area (Å²) in [5.74, 6) is 1.11. The molecule has 0 unspecified atom stereocenters. The minimum absolute atomic E-state index is 0.204. The van der Waals surface area contributed by atoms with E-state index in [0.717, 1.165) is 11.1 Å². The van der Waals surface area contributed by atoms with Crippen molar-refractivity contribution in [3.05, 3.63) is 58.6 Å². The van der Waals surface area contributed by atoms with Crippen LogP contribution in [0.15, 0.2) is 47.6 Å². The van der Waals surface area contributed by atoms with Gasteiger partial charge in [0.1, 0.15) is 11.5 Å². The highest BCUT2D eigenvalue weighted by atomic mass is 35.5. The van der Waals surface area contributed by atoms with Gasteiger partial charge >= 0.3 is 0 Å². The summed E-state index contributed by atoms with van der Waals surface area (Å²) in [7, 11) is 3.16. The van der Waals surface area contributed by atoms with E-state index in [4.69, 9.17) is 21.1 Å². The lowest BCUT2D eigenvalue weighted by Crippen LogP contribution is -2.21. The number of rotatable bonds is 6. The second-order valence-corrected chi connectivity index (χ2v) is 5.54. The number of hydrazone groups is 1. The average Bonchev–Trinajstić information content (AvgIpc) is 2.61. The Kier molecular flexibility index (Phi) is 6.21. The number of hydrogen-bond donors (Lipinski definition) is 1. The van der Waals surface area contributed by atoms with E-state index in [1.54, 1.807) is 39.3 Å². The summed E-state index contributed by atoms with van der Waals surface area (Å²) in [6.45, 7) is 1.80. The second kappa shape index (κ2) is 8.36. The first-order chi connectivity index (χ1) is 11.5. The molecule has 6 heteroatoms. The molecule has 0 aliphatic rings. The summed E-state index contributed by atoms with van der Waals surface area (Å²) >= 11 is 5.83. The maximum absolute atomic E-state index is 12.0. The van der Waals surface area contributed by atoms with Crippen LogP contribution in [-0.4, -0.2) is 25.8 Å². The molecule has 1 amide bonds. The van der Waals surface area contributed by atoms with Crippen LogP contribution in [0.3, 0.4) is 0 Å². The van der Waals surface area contributed by atoms with Crippen LogP contribution in [0, 0.1) is 0 Å². The van der Waals surface area contributed by atoms with Gasteiger partial charge in [0.05, 0.1) is 26.4 Å². The molecule has 0 fully saturated rings. The SMILES string of the molecule is COc1ccc(/C(C)=N/NC(=O)Cc2ccc(Cl)cc2)c(OC)c1. The van der Waals surface area contributed by atoms with Gasteiger partial charge in [-0.2, -0.15) is 5.10 Å². The van der Waals surface area contributed by atoms with Gasteiger partial charge in [-0.05, 0) is 36.8 Å². The van der Waals surface area contributed by atoms with Crippen LogP contribution in [-0.2, 0) is 11.2 Å². The number of benzene rings is 2. The van der Waals surface area contributed by atoms with Crippen LogP contribution < -0.4 is 14.9 Å². The van der Waals surface area contributed by atoms with Gasteiger partial charge in [0, 0.05) is 16.7 Å². The zero-order valence-corrected chi connectivity index (χ0v) is 14.6. The fraction of sp³-hybridized carbons (Fsp3) is 0.222. The number of carbonyl (C=O) groups excluding carboxylic acids is 1. The number of halogens is 1. The molecule has 0 bridgehead atoms. The van der Waals surface area contributed by atoms with Crippen molar-refractivity contribution in [2.75, 3.05) is 14.2 Å². The highest BCUT2D eigenvalue weighted by Crippen LogP contribution is 2.25. The molecule has 0 aliphatic heterocycles.